The van der Waals surface area contributed by atoms with Crippen LogP contribution in [-0.2, 0) is 14.6 Å². The average molecular weight is 377 g/mol. The van der Waals surface area contributed by atoms with E-state index < -0.39 is 21.1 Å². The Hall–Kier alpha value is -1.34. The Kier molecular flexibility index (Phi) is 6.42. The molecule has 0 unspecified atom stereocenters. The third-order valence-corrected chi connectivity index (χ3v) is 5.62. The third kappa shape index (κ3) is 5.89. The van der Waals surface area contributed by atoms with E-state index in [1.54, 1.807) is 32.0 Å². The van der Waals surface area contributed by atoms with E-state index in [-0.39, 0.29) is 12.4 Å². The van der Waals surface area contributed by atoms with Crippen LogP contribution in [0.2, 0.25) is 0 Å². The zero-order valence-corrected chi connectivity index (χ0v) is 14.1. The molecule has 0 radical (unpaired) electrons. The van der Waals surface area contributed by atoms with Crippen LogP contribution in [0.5, 0.6) is 5.75 Å². The highest BCUT2D eigenvalue weighted by atomic mass is 79.9. The van der Waals surface area contributed by atoms with E-state index in [1.165, 1.54) is 6.08 Å². The Morgan fingerprint density at radius 2 is 2.10 bits per heavy atom. The van der Waals surface area contributed by atoms with Crippen LogP contribution in [0.4, 0.5) is 0 Å². The minimum Gasteiger partial charge on any atom is -0.493 e. The molecule has 1 aromatic rings. The summed E-state index contributed by atoms with van der Waals surface area (Å²) in [6.45, 7) is 3.32. The Bertz CT molecular complexity index is 635. The number of halogens is 1. The lowest BCUT2D eigenvalue weighted by molar-refractivity contribution is -0.131. The summed E-state index contributed by atoms with van der Waals surface area (Å²) in [6.07, 6.45) is 2.46. The summed E-state index contributed by atoms with van der Waals surface area (Å²) in [4.78, 5) is 10.5. The summed E-state index contributed by atoms with van der Waals surface area (Å²) in [5.74, 6) is -0.612. The molecule has 1 aromatic carbocycles. The van der Waals surface area contributed by atoms with Crippen molar-refractivity contribution < 1.29 is 23.1 Å². The number of carbonyl (C=O) groups is 1. The van der Waals surface area contributed by atoms with Crippen molar-refractivity contribution in [3.05, 3.63) is 34.3 Å². The average Bonchev–Trinajstić information content (AvgIpc) is 2.38. The lowest BCUT2D eigenvalue weighted by atomic mass is 10.2. The SMILES string of the molecule is CC(C)S(=O)(=O)CCOc1ccc(Br)c(/C=C/C(=O)O)c1. The number of sulfone groups is 1. The van der Waals surface area contributed by atoms with Crippen LogP contribution in [0, 0.1) is 0 Å². The van der Waals surface area contributed by atoms with E-state index in [0.29, 0.717) is 11.3 Å². The van der Waals surface area contributed by atoms with Gasteiger partial charge in [-0.25, -0.2) is 13.2 Å². The van der Waals surface area contributed by atoms with Gasteiger partial charge in [0.15, 0.2) is 9.84 Å². The number of carboxylic acid groups (broad SMARTS) is 1. The molecule has 0 saturated carbocycles. The van der Waals surface area contributed by atoms with Crippen molar-refractivity contribution in [2.75, 3.05) is 12.4 Å². The Labute approximate surface area is 132 Å². The molecular formula is C14H17BrO5S. The number of ether oxygens (including phenoxy) is 1. The quantitative estimate of drug-likeness (QED) is 0.739. The van der Waals surface area contributed by atoms with Crippen LogP contribution in [0.25, 0.3) is 6.08 Å². The molecule has 0 aliphatic rings. The zero-order valence-electron chi connectivity index (χ0n) is 11.7. The lowest BCUT2D eigenvalue weighted by Crippen LogP contribution is -2.22. The summed E-state index contributed by atoms with van der Waals surface area (Å²) >= 11 is 3.30. The van der Waals surface area contributed by atoms with Crippen LogP contribution in [0.3, 0.4) is 0 Å². The molecule has 7 heteroatoms. The number of hydrogen-bond acceptors (Lipinski definition) is 4. The van der Waals surface area contributed by atoms with E-state index in [2.05, 4.69) is 15.9 Å². The summed E-state index contributed by atoms with van der Waals surface area (Å²) in [5.41, 5.74) is 0.640. The van der Waals surface area contributed by atoms with E-state index in [4.69, 9.17) is 9.84 Å². The molecule has 21 heavy (non-hydrogen) atoms. The van der Waals surface area contributed by atoms with Gasteiger partial charge in [0, 0.05) is 10.5 Å². The van der Waals surface area contributed by atoms with Gasteiger partial charge in [-0.2, -0.15) is 0 Å². The monoisotopic (exact) mass is 376 g/mol. The molecule has 0 atom stereocenters. The molecule has 1 rings (SSSR count). The molecule has 0 heterocycles. The van der Waals surface area contributed by atoms with Gasteiger partial charge < -0.3 is 9.84 Å². The lowest BCUT2D eigenvalue weighted by Gasteiger charge is -2.10. The van der Waals surface area contributed by atoms with E-state index in [9.17, 15) is 13.2 Å². The van der Waals surface area contributed by atoms with Crippen LogP contribution in [0.15, 0.2) is 28.7 Å². The largest absolute Gasteiger partial charge is 0.493 e. The second-order valence-electron chi connectivity index (χ2n) is 4.62. The van der Waals surface area contributed by atoms with E-state index in [0.717, 1.165) is 10.5 Å². The fourth-order valence-corrected chi connectivity index (χ4v) is 2.58. The van der Waals surface area contributed by atoms with E-state index >= 15 is 0 Å². The van der Waals surface area contributed by atoms with Gasteiger partial charge in [0.1, 0.15) is 12.4 Å². The molecule has 0 bridgehead atoms. The van der Waals surface area contributed by atoms with Crippen molar-refractivity contribution in [1.29, 1.82) is 0 Å². The second-order valence-corrected chi connectivity index (χ2v) is 8.15. The third-order valence-electron chi connectivity index (χ3n) is 2.73. The number of rotatable bonds is 7. The highest BCUT2D eigenvalue weighted by Gasteiger charge is 2.15. The molecule has 0 spiro atoms. The smallest absolute Gasteiger partial charge is 0.328 e. The molecule has 0 aliphatic carbocycles. The van der Waals surface area contributed by atoms with Crippen LogP contribution in [0.1, 0.15) is 19.4 Å². The zero-order chi connectivity index (χ0) is 16.0. The first-order valence-corrected chi connectivity index (χ1v) is 8.78. The summed E-state index contributed by atoms with van der Waals surface area (Å²) in [5, 5.41) is 8.19. The predicted molar refractivity (Wildman–Crippen MR) is 85.2 cm³/mol. The maximum absolute atomic E-state index is 11.7. The fraction of sp³-hybridized carbons (Fsp3) is 0.357. The van der Waals surface area contributed by atoms with Gasteiger partial charge in [-0.15, -0.1) is 0 Å². The Balaban J connectivity index is 2.73. The van der Waals surface area contributed by atoms with Crippen molar-refractivity contribution in [2.45, 2.75) is 19.1 Å². The number of benzene rings is 1. The number of hydrogen-bond donors (Lipinski definition) is 1. The van der Waals surface area contributed by atoms with Gasteiger partial charge in [0.25, 0.3) is 0 Å². The molecule has 0 amide bonds. The van der Waals surface area contributed by atoms with Crippen LogP contribution < -0.4 is 4.74 Å². The van der Waals surface area contributed by atoms with Crippen molar-refractivity contribution >= 4 is 37.8 Å². The van der Waals surface area contributed by atoms with Gasteiger partial charge in [0.2, 0.25) is 0 Å². The minimum atomic E-state index is -3.13. The first-order valence-electron chi connectivity index (χ1n) is 6.27. The van der Waals surface area contributed by atoms with Gasteiger partial charge in [-0.1, -0.05) is 15.9 Å². The number of aliphatic carboxylic acids is 1. The highest BCUT2D eigenvalue weighted by molar-refractivity contribution is 9.10. The molecule has 5 nitrogen and oxygen atoms in total. The molecular weight excluding hydrogens is 360 g/mol. The maximum Gasteiger partial charge on any atom is 0.328 e. The summed E-state index contributed by atoms with van der Waals surface area (Å²) in [7, 11) is -3.13. The molecule has 116 valence electrons. The summed E-state index contributed by atoms with van der Waals surface area (Å²) in [6, 6.07) is 5.05. The molecule has 0 aromatic heterocycles. The number of carboxylic acids is 1. The van der Waals surface area contributed by atoms with Crippen LogP contribution >= 0.6 is 15.9 Å². The molecule has 1 N–H and O–H groups in total. The first kappa shape index (κ1) is 17.7. The fourth-order valence-electron chi connectivity index (χ4n) is 1.41. The normalized spacial score (nSPS) is 12.0. The van der Waals surface area contributed by atoms with Crippen molar-refractivity contribution in [3.8, 4) is 5.75 Å². The molecule has 0 aliphatic heterocycles. The molecule has 0 fully saturated rings. The Morgan fingerprint density at radius 3 is 2.67 bits per heavy atom. The van der Waals surface area contributed by atoms with Gasteiger partial charge in [-0.3, -0.25) is 0 Å². The van der Waals surface area contributed by atoms with Gasteiger partial charge >= 0.3 is 5.97 Å². The standard InChI is InChI=1S/C14H17BrO5S/c1-10(2)21(18,19)8-7-20-12-4-5-13(15)11(9-12)3-6-14(16)17/h3-6,9-10H,7-8H2,1-2H3,(H,16,17)/b6-3+. The van der Waals surface area contributed by atoms with Gasteiger partial charge in [0.05, 0.1) is 11.0 Å². The Morgan fingerprint density at radius 1 is 1.43 bits per heavy atom. The van der Waals surface area contributed by atoms with Crippen molar-refractivity contribution in [1.82, 2.24) is 0 Å². The minimum absolute atomic E-state index is 0.0545. The van der Waals surface area contributed by atoms with Gasteiger partial charge in [-0.05, 0) is 43.7 Å². The van der Waals surface area contributed by atoms with Crippen molar-refractivity contribution in [3.63, 3.8) is 0 Å². The van der Waals surface area contributed by atoms with E-state index in [1.807, 2.05) is 0 Å². The summed E-state index contributed by atoms with van der Waals surface area (Å²) < 4.78 is 29.4. The first-order chi connectivity index (χ1) is 9.72. The highest BCUT2D eigenvalue weighted by Crippen LogP contribution is 2.24. The predicted octanol–water partition coefficient (Wildman–Crippen LogP) is 2.75. The van der Waals surface area contributed by atoms with Crippen LogP contribution in [-0.4, -0.2) is 37.1 Å². The second kappa shape index (κ2) is 7.61. The maximum atomic E-state index is 11.7. The molecule has 0 saturated heterocycles. The van der Waals surface area contributed by atoms with Crippen molar-refractivity contribution in [2.24, 2.45) is 0 Å². The topological polar surface area (TPSA) is 80.7 Å².